The third-order valence-electron chi connectivity index (χ3n) is 4.00. The third-order valence-corrected chi connectivity index (χ3v) is 4.50. The Morgan fingerprint density at radius 2 is 2.00 bits per heavy atom. The molecule has 134 valence electrons. The number of nitrogens with zero attached hydrogens (tertiary/aromatic N) is 1. The van der Waals surface area contributed by atoms with Crippen LogP contribution in [0, 0.1) is 0 Å². The number of urea groups is 1. The van der Waals surface area contributed by atoms with Crippen molar-refractivity contribution in [2.24, 2.45) is 10.9 Å². The zero-order valence-electron chi connectivity index (χ0n) is 13.5. The summed E-state index contributed by atoms with van der Waals surface area (Å²) in [5.74, 6) is 4.48. The molecular weight excluding hydrogens is 402 g/mol. The summed E-state index contributed by atoms with van der Waals surface area (Å²) in [6.45, 7) is 0. The Morgan fingerprint density at radius 3 is 2.69 bits per heavy atom. The minimum absolute atomic E-state index is 0.142. The van der Waals surface area contributed by atoms with Crippen molar-refractivity contribution in [2.75, 3.05) is 5.32 Å². The van der Waals surface area contributed by atoms with Gasteiger partial charge in [-0.15, -0.1) is 0 Å². The Hall–Kier alpha value is -2.75. The van der Waals surface area contributed by atoms with Gasteiger partial charge in [-0.2, -0.15) is 5.10 Å². The van der Waals surface area contributed by atoms with Gasteiger partial charge >= 0.3 is 6.03 Å². The van der Waals surface area contributed by atoms with Gasteiger partial charge in [0, 0.05) is 22.1 Å². The number of rotatable bonds is 4. The zero-order valence-corrected chi connectivity index (χ0v) is 15.1. The van der Waals surface area contributed by atoms with Crippen molar-refractivity contribution in [1.29, 1.82) is 0 Å². The molecule has 0 radical (unpaired) electrons. The summed E-state index contributed by atoms with van der Waals surface area (Å²) in [6.07, 6.45) is -0.142. The fourth-order valence-electron chi connectivity index (χ4n) is 2.72. The van der Waals surface area contributed by atoms with Crippen LogP contribution in [0.4, 0.5) is 10.5 Å². The van der Waals surface area contributed by atoms with Crippen LogP contribution >= 0.6 is 15.9 Å². The SMILES string of the molecule is NNC(=O)N/N=C(\C[C@]1(O)C(=O)Nc2ccc(Br)cc21)c1ccccc1. The van der Waals surface area contributed by atoms with E-state index in [1.807, 2.05) is 11.5 Å². The lowest BCUT2D eigenvalue weighted by molar-refractivity contribution is -0.132. The maximum absolute atomic E-state index is 12.5. The highest BCUT2D eigenvalue weighted by Crippen LogP contribution is 2.40. The fraction of sp³-hybridized carbons (Fsp3) is 0.118. The largest absolute Gasteiger partial charge is 0.375 e. The average molecular weight is 418 g/mol. The summed E-state index contributed by atoms with van der Waals surface area (Å²) in [6, 6.07) is 13.4. The first kappa shape index (κ1) is 18.1. The van der Waals surface area contributed by atoms with Gasteiger partial charge in [0.15, 0.2) is 5.60 Å². The van der Waals surface area contributed by atoms with Crippen molar-refractivity contribution >= 4 is 39.3 Å². The fourth-order valence-corrected chi connectivity index (χ4v) is 3.08. The average Bonchev–Trinajstić information content (AvgIpc) is 2.89. The summed E-state index contributed by atoms with van der Waals surface area (Å²) in [5, 5.41) is 17.8. The van der Waals surface area contributed by atoms with Crippen molar-refractivity contribution in [2.45, 2.75) is 12.0 Å². The molecule has 0 saturated heterocycles. The van der Waals surface area contributed by atoms with Crippen LogP contribution in [0.15, 0.2) is 58.1 Å². The number of fused-ring (bicyclic) bond motifs is 1. The van der Waals surface area contributed by atoms with Crippen molar-refractivity contribution in [3.63, 3.8) is 0 Å². The second kappa shape index (κ2) is 7.24. The number of hydrazone groups is 1. The Morgan fingerprint density at radius 1 is 1.27 bits per heavy atom. The van der Waals surface area contributed by atoms with Gasteiger partial charge in [0.25, 0.3) is 5.91 Å². The van der Waals surface area contributed by atoms with Crippen LogP contribution in [0.5, 0.6) is 0 Å². The maximum atomic E-state index is 12.5. The predicted octanol–water partition coefficient (Wildman–Crippen LogP) is 1.56. The first-order chi connectivity index (χ1) is 12.4. The number of hydrogen-bond acceptors (Lipinski definition) is 5. The first-order valence-electron chi connectivity index (χ1n) is 7.66. The molecule has 3 amide bonds. The van der Waals surface area contributed by atoms with Gasteiger partial charge in [-0.1, -0.05) is 46.3 Å². The summed E-state index contributed by atoms with van der Waals surface area (Å²) in [5.41, 5.74) is 4.24. The number of anilines is 1. The number of hydrazine groups is 1. The molecule has 0 unspecified atom stereocenters. The molecule has 0 bridgehead atoms. The van der Waals surface area contributed by atoms with Crippen LogP contribution < -0.4 is 22.0 Å². The minimum Gasteiger partial charge on any atom is -0.375 e. The van der Waals surface area contributed by atoms with E-state index in [0.29, 0.717) is 22.5 Å². The van der Waals surface area contributed by atoms with Gasteiger partial charge < -0.3 is 10.4 Å². The standard InChI is InChI=1S/C17H16BrN5O3/c18-11-6-7-13-12(8-11)17(26,15(24)20-13)9-14(22-23-16(25)21-19)10-4-2-1-3-5-10/h1-8,26H,9,19H2,(H,20,24)(H2,21,23,25)/b22-14+/t17-/m1/s1. The lowest BCUT2D eigenvalue weighted by Crippen LogP contribution is -2.40. The molecule has 0 spiro atoms. The number of nitrogens with two attached hydrogens (primary N) is 1. The molecule has 1 aliphatic heterocycles. The molecule has 0 aromatic heterocycles. The third kappa shape index (κ3) is 3.45. The number of halogens is 1. The Balaban J connectivity index is 2.00. The van der Waals surface area contributed by atoms with Gasteiger partial charge in [-0.3, -0.25) is 10.2 Å². The van der Waals surface area contributed by atoms with E-state index in [4.69, 9.17) is 5.84 Å². The van der Waals surface area contributed by atoms with Crippen LogP contribution in [0.1, 0.15) is 17.5 Å². The minimum atomic E-state index is -1.82. The lowest BCUT2D eigenvalue weighted by Gasteiger charge is -2.22. The van der Waals surface area contributed by atoms with Crippen molar-refractivity contribution in [3.05, 3.63) is 64.1 Å². The summed E-state index contributed by atoms with van der Waals surface area (Å²) < 4.78 is 0.727. The Kier molecular flexibility index (Phi) is 5.03. The molecule has 0 aliphatic carbocycles. The molecule has 26 heavy (non-hydrogen) atoms. The molecule has 9 heteroatoms. The highest BCUT2D eigenvalue weighted by molar-refractivity contribution is 9.10. The zero-order chi connectivity index (χ0) is 18.7. The van der Waals surface area contributed by atoms with Crippen molar-refractivity contribution < 1.29 is 14.7 Å². The monoisotopic (exact) mass is 417 g/mol. The van der Waals surface area contributed by atoms with E-state index >= 15 is 0 Å². The number of nitrogens with one attached hydrogen (secondary N) is 3. The summed E-state index contributed by atoms with van der Waals surface area (Å²) in [7, 11) is 0. The molecular formula is C17H16BrN5O3. The molecule has 1 aliphatic rings. The second-order valence-electron chi connectivity index (χ2n) is 5.69. The van der Waals surface area contributed by atoms with Crippen LogP contribution in [0.2, 0.25) is 0 Å². The van der Waals surface area contributed by atoms with Crippen LogP contribution in [0.3, 0.4) is 0 Å². The quantitative estimate of drug-likeness (QED) is 0.223. The molecule has 2 aromatic carbocycles. The number of aliphatic hydroxyl groups is 1. The van der Waals surface area contributed by atoms with E-state index < -0.39 is 17.5 Å². The van der Waals surface area contributed by atoms with Crippen molar-refractivity contribution in [1.82, 2.24) is 10.9 Å². The highest BCUT2D eigenvalue weighted by atomic mass is 79.9. The van der Waals surface area contributed by atoms with Gasteiger partial charge in [0.05, 0.1) is 5.71 Å². The lowest BCUT2D eigenvalue weighted by atomic mass is 9.87. The van der Waals surface area contributed by atoms with E-state index in [2.05, 4.69) is 31.8 Å². The molecule has 0 fully saturated rings. The van der Waals surface area contributed by atoms with Crippen LogP contribution in [0.25, 0.3) is 0 Å². The maximum Gasteiger partial charge on any atom is 0.349 e. The predicted molar refractivity (Wildman–Crippen MR) is 100 cm³/mol. The van der Waals surface area contributed by atoms with E-state index in [0.717, 1.165) is 4.47 Å². The smallest absolute Gasteiger partial charge is 0.349 e. The summed E-state index contributed by atoms with van der Waals surface area (Å²) >= 11 is 3.35. The molecule has 8 nitrogen and oxygen atoms in total. The van der Waals surface area contributed by atoms with E-state index in [1.165, 1.54) is 0 Å². The van der Waals surface area contributed by atoms with E-state index in [1.54, 1.807) is 42.5 Å². The highest BCUT2D eigenvalue weighted by Gasteiger charge is 2.46. The normalized spacial score (nSPS) is 18.9. The summed E-state index contributed by atoms with van der Waals surface area (Å²) in [4.78, 5) is 23.8. The topological polar surface area (TPSA) is 129 Å². The number of benzene rings is 2. The first-order valence-corrected chi connectivity index (χ1v) is 8.46. The molecule has 1 atom stereocenters. The van der Waals surface area contributed by atoms with E-state index in [9.17, 15) is 14.7 Å². The number of hydrogen-bond donors (Lipinski definition) is 5. The number of carbonyl (C=O) groups is 2. The van der Waals surface area contributed by atoms with Gasteiger partial charge in [-0.25, -0.2) is 16.1 Å². The van der Waals surface area contributed by atoms with Gasteiger partial charge in [0.1, 0.15) is 0 Å². The van der Waals surface area contributed by atoms with Crippen LogP contribution in [-0.4, -0.2) is 22.8 Å². The molecule has 0 saturated carbocycles. The van der Waals surface area contributed by atoms with Gasteiger partial charge in [-0.05, 0) is 23.8 Å². The number of amides is 3. The molecule has 6 N–H and O–H groups in total. The molecule has 1 heterocycles. The Bertz CT molecular complexity index is 887. The van der Waals surface area contributed by atoms with Gasteiger partial charge in [0.2, 0.25) is 0 Å². The molecule has 2 aromatic rings. The number of carbonyl (C=O) groups excluding carboxylic acids is 2. The Labute approximate surface area is 157 Å². The second-order valence-corrected chi connectivity index (χ2v) is 6.61. The van der Waals surface area contributed by atoms with Crippen LogP contribution in [-0.2, 0) is 10.4 Å². The van der Waals surface area contributed by atoms with Crippen molar-refractivity contribution in [3.8, 4) is 0 Å². The molecule has 3 rings (SSSR count). The van der Waals surface area contributed by atoms with E-state index in [-0.39, 0.29) is 6.42 Å².